The van der Waals surface area contributed by atoms with E-state index in [-0.39, 0.29) is 12.3 Å². The highest BCUT2D eigenvalue weighted by Crippen LogP contribution is 2.28. The Balaban J connectivity index is 1.81. The summed E-state index contributed by atoms with van der Waals surface area (Å²) in [4.78, 5) is 6.28. The van der Waals surface area contributed by atoms with Crippen LogP contribution in [-0.4, -0.2) is 13.0 Å². The highest BCUT2D eigenvalue weighted by Gasteiger charge is 2.15. The normalized spacial score (nSPS) is 10.1. The van der Waals surface area contributed by atoms with Crippen molar-refractivity contribution in [3.63, 3.8) is 0 Å². The SMILES string of the molecule is BN(Cc1cnc(CF)c(OCc2cccc(C#N)c2)c1C)c1ccc(C#N)cc1. The number of halogens is 1. The summed E-state index contributed by atoms with van der Waals surface area (Å²) in [6.45, 7) is 1.95. The summed E-state index contributed by atoms with van der Waals surface area (Å²) in [5.74, 6) is 0.436. The van der Waals surface area contributed by atoms with Crippen molar-refractivity contribution in [3.05, 3.63) is 88.2 Å². The van der Waals surface area contributed by atoms with Crippen molar-refractivity contribution in [2.45, 2.75) is 26.7 Å². The maximum Gasteiger partial charge on any atom is 0.217 e. The highest BCUT2D eigenvalue weighted by atomic mass is 19.1. The fourth-order valence-corrected chi connectivity index (χ4v) is 3.14. The van der Waals surface area contributed by atoms with Crippen molar-refractivity contribution in [1.29, 1.82) is 10.5 Å². The lowest BCUT2D eigenvalue weighted by Crippen LogP contribution is -2.19. The van der Waals surface area contributed by atoms with Gasteiger partial charge in [0.05, 0.1) is 23.3 Å². The molecule has 7 heteroatoms. The molecule has 1 aromatic heterocycles. The first kappa shape index (κ1) is 20.9. The van der Waals surface area contributed by atoms with Crippen LogP contribution in [0.25, 0.3) is 0 Å². The Morgan fingerprint density at radius 3 is 2.50 bits per heavy atom. The summed E-state index contributed by atoms with van der Waals surface area (Å²) >= 11 is 0. The van der Waals surface area contributed by atoms with Crippen LogP contribution in [0.2, 0.25) is 0 Å². The van der Waals surface area contributed by atoms with Crippen LogP contribution < -0.4 is 9.55 Å². The topological polar surface area (TPSA) is 72.9 Å². The van der Waals surface area contributed by atoms with Crippen LogP contribution >= 0.6 is 0 Å². The molecular weight excluding hydrogens is 378 g/mol. The van der Waals surface area contributed by atoms with Gasteiger partial charge in [-0.1, -0.05) is 12.1 Å². The molecule has 5 nitrogen and oxygen atoms in total. The minimum atomic E-state index is -0.722. The molecule has 0 aliphatic heterocycles. The smallest absolute Gasteiger partial charge is 0.217 e. The van der Waals surface area contributed by atoms with Gasteiger partial charge >= 0.3 is 0 Å². The molecule has 0 unspecified atom stereocenters. The van der Waals surface area contributed by atoms with E-state index in [0.29, 0.717) is 23.4 Å². The predicted molar refractivity (Wildman–Crippen MR) is 115 cm³/mol. The van der Waals surface area contributed by atoms with E-state index in [1.165, 1.54) is 0 Å². The number of benzene rings is 2. The van der Waals surface area contributed by atoms with E-state index >= 15 is 0 Å². The van der Waals surface area contributed by atoms with E-state index < -0.39 is 6.67 Å². The van der Waals surface area contributed by atoms with E-state index in [9.17, 15) is 4.39 Å². The molecule has 3 aromatic rings. The molecule has 0 amide bonds. The number of nitriles is 2. The molecule has 0 N–H and O–H groups in total. The fraction of sp³-hybridized carbons (Fsp3) is 0.174. The molecule has 0 bridgehead atoms. The van der Waals surface area contributed by atoms with Gasteiger partial charge in [0.25, 0.3) is 0 Å². The molecule has 3 rings (SSSR count). The predicted octanol–water partition coefficient (Wildman–Crippen LogP) is 3.74. The van der Waals surface area contributed by atoms with Crippen molar-refractivity contribution >= 4 is 13.7 Å². The van der Waals surface area contributed by atoms with Gasteiger partial charge in [-0.25, -0.2) is 4.39 Å². The zero-order valence-electron chi connectivity index (χ0n) is 16.9. The number of hydrogen-bond donors (Lipinski definition) is 0. The molecule has 0 spiro atoms. The highest BCUT2D eigenvalue weighted by molar-refractivity contribution is 6.17. The van der Waals surface area contributed by atoms with Crippen LogP contribution in [0.1, 0.15) is 33.5 Å². The Kier molecular flexibility index (Phi) is 6.67. The molecule has 0 saturated carbocycles. The van der Waals surface area contributed by atoms with Crippen molar-refractivity contribution in [2.75, 3.05) is 4.81 Å². The van der Waals surface area contributed by atoms with Crippen LogP contribution in [0, 0.1) is 29.6 Å². The number of rotatable bonds is 7. The maximum atomic E-state index is 13.5. The molecular formula is C23H20BFN4O. The second kappa shape index (κ2) is 9.58. The first-order chi connectivity index (χ1) is 14.5. The standard InChI is InChI=1S/C23H20BFN4O/c1-16-20(14-29(24)21-7-5-17(11-26)6-8-21)13-28-22(10-25)23(16)30-15-19-4-2-3-18(9-19)12-27/h2-9,13H,10,14-15,24H2,1H3. The summed E-state index contributed by atoms with van der Waals surface area (Å²) in [5.41, 5.74) is 4.95. The first-order valence-electron chi connectivity index (χ1n) is 9.42. The molecule has 0 atom stereocenters. The van der Waals surface area contributed by atoms with Gasteiger partial charge in [-0.15, -0.1) is 0 Å². The van der Waals surface area contributed by atoms with Crippen LogP contribution in [-0.2, 0) is 19.8 Å². The van der Waals surface area contributed by atoms with E-state index in [0.717, 1.165) is 22.4 Å². The lowest BCUT2D eigenvalue weighted by atomic mass is 10.1. The molecule has 30 heavy (non-hydrogen) atoms. The summed E-state index contributed by atoms with van der Waals surface area (Å²) < 4.78 is 19.5. The number of aromatic nitrogens is 1. The van der Waals surface area contributed by atoms with Gasteiger partial charge in [-0.3, -0.25) is 4.98 Å². The monoisotopic (exact) mass is 398 g/mol. The molecule has 0 fully saturated rings. The fourth-order valence-electron chi connectivity index (χ4n) is 3.14. The minimum Gasteiger partial charge on any atom is -0.487 e. The number of hydrogen-bond acceptors (Lipinski definition) is 5. The van der Waals surface area contributed by atoms with Crippen LogP contribution in [0.5, 0.6) is 5.75 Å². The quantitative estimate of drug-likeness (QED) is 0.567. The van der Waals surface area contributed by atoms with E-state index in [2.05, 4.69) is 17.1 Å². The lowest BCUT2D eigenvalue weighted by molar-refractivity contribution is 0.293. The van der Waals surface area contributed by atoms with Crippen molar-refractivity contribution in [2.24, 2.45) is 0 Å². The Hall–Kier alpha value is -3.84. The third-order valence-electron chi connectivity index (χ3n) is 4.87. The van der Waals surface area contributed by atoms with Gasteiger partial charge in [0.2, 0.25) is 7.98 Å². The van der Waals surface area contributed by atoms with E-state index in [1.807, 2.05) is 37.9 Å². The Labute approximate surface area is 176 Å². The molecule has 148 valence electrons. The number of nitrogens with zero attached hydrogens (tertiary/aromatic N) is 4. The average Bonchev–Trinajstić information content (AvgIpc) is 2.79. The molecule has 0 aliphatic rings. The molecule has 0 aliphatic carbocycles. The Morgan fingerprint density at radius 2 is 1.83 bits per heavy atom. The van der Waals surface area contributed by atoms with Gasteiger partial charge in [0.1, 0.15) is 24.7 Å². The molecule has 0 saturated heterocycles. The van der Waals surface area contributed by atoms with Crippen LogP contribution in [0.15, 0.2) is 54.7 Å². The Morgan fingerprint density at radius 1 is 1.10 bits per heavy atom. The van der Waals surface area contributed by atoms with Gasteiger partial charge in [0, 0.05) is 18.4 Å². The number of ether oxygens (including phenoxy) is 1. The van der Waals surface area contributed by atoms with Crippen molar-refractivity contribution in [1.82, 2.24) is 4.98 Å². The third kappa shape index (κ3) is 4.77. The molecule has 2 aromatic carbocycles. The lowest BCUT2D eigenvalue weighted by Gasteiger charge is -2.22. The number of pyridine rings is 1. The third-order valence-corrected chi connectivity index (χ3v) is 4.87. The molecule has 0 radical (unpaired) electrons. The van der Waals surface area contributed by atoms with Gasteiger partial charge in [-0.05, 0) is 60.0 Å². The number of alkyl halides is 1. The maximum absolute atomic E-state index is 13.5. The minimum absolute atomic E-state index is 0.222. The Bertz CT molecular complexity index is 1120. The van der Waals surface area contributed by atoms with Crippen molar-refractivity contribution < 1.29 is 9.13 Å². The number of anilines is 1. The largest absolute Gasteiger partial charge is 0.487 e. The first-order valence-corrected chi connectivity index (χ1v) is 9.42. The van der Waals surface area contributed by atoms with Gasteiger partial charge in [-0.2, -0.15) is 10.5 Å². The summed E-state index contributed by atoms with van der Waals surface area (Å²) in [6.07, 6.45) is 1.67. The van der Waals surface area contributed by atoms with Crippen LogP contribution in [0.4, 0.5) is 10.1 Å². The summed E-state index contributed by atoms with van der Waals surface area (Å²) in [5, 5.41) is 18.0. The second-order valence-electron chi connectivity index (χ2n) is 6.93. The van der Waals surface area contributed by atoms with Gasteiger partial charge < -0.3 is 9.55 Å². The van der Waals surface area contributed by atoms with Crippen LogP contribution in [0.3, 0.4) is 0 Å². The van der Waals surface area contributed by atoms with Crippen molar-refractivity contribution in [3.8, 4) is 17.9 Å². The van der Waals surface area contributed by atoms with E-state index in [4.69, 9.17) is 15.3 Å². The van der Waals surface area contributed by atoms with E-state index in [1.54, 1.807) is 36.5 Å². The average molecular weight is 398 g/mol. The van der Waals surface area contributed by atoms with Gasteiger partial charge in [0.15, 0.2) is 0 Å². The zero-order valence-corrected chi connectivity index (χ0v) is 16.9. The summed E-state index contributed by atoms with van der Waals surface area (Å²) in [6, 6.07) is 18.7. The zero-order chi connectivity index (χ0) is 21.5. The second-order valence-corrected chi connectivity index (χ2v) is 6.93. The molecule has 1 heterocycles. The summed E-state index contributed by atoms with van der Waals surface area (Å²) in [7, 11) is 1.94.